The van der Waals surface area contributed by atoms with Crippen molar-refractivity contribution in [1.29, 1.82) is 0 Å². The van der Waals surface area contributed by atoms with Crippen LogP contribution in [-0.4, -0.2) is 42.3 Å². The van der Waals surface area contributed by atoms with Crippen molar-refractivity contribution in [2.24, 2.45) is 0 Å². The van der Waals surface area contributed by atoms with Crippen LogP contribution in [0.25, 0.3) is 0 Å². The number of carbonyl (C=O) groups excluding carboxylic acids is 1. The smallest absolute Gasteiger partial charge is 0.323 e. The molecule has 0 aliphatic carbocycles. The quantitative estimate of drug-likeness (QED) is 0.524. The topological polar surface area (TPSA) is 106 Å². The molecule has 9 nitrogen and oxygen atoms in total. The van der Waals surface area contributed by atoms with E-state index in [1.807, 2.05) is 0 Å². The summed E-state index contributed by atoms with van der Waals surface area (Å²) in [5.74, 6) is 1.24. The van der Waals surface area contributed by atoms with Gasteiger partial charge >= 0.3 is 6.03 Å². The first kappa shape index (κ1) is 23.2. The van der Waals surface area contributed by atoms with Crippen LogP contribution >= 0.6 is 0 Å². The zero-order valence-corrected chi connectivity index (χ0v) is 19.8. The van der Waals surface area contributed by atoms with Crippen LogP contribution < -0.4 is 29.1 Å². The van der Waals surface area contributed by atoms with Crippen molar-refractivity contribution in [3.63, 3.8) is 0 Å². The Hall–Kier alpha value is -3.92. The van der Waals surface area contributed by atoms with Crippen molar-refractivity contribution < 1.29 is 27.4 Å². The number of amides is 2. The normalized spacial score (nSPS) is 12.6. The van der Waals surface area contributed by atoms with E-state index in [0.29, 0.717) is 47.3 Å². The van der Waals surface area contributed by atoms with Gasteiger partial charge in [0.15, 0.2) is 11.5 Å². The predicted molar refractivity (Wildman–Crippen MR) is 130 cm³/mol. The van der Waals surface area contributed by atoms with Crippen LogP contribution in [-0.2, 0) is 16.4 Å². The summed E-state index contributed by atoms with van der Waals surface area (Å²) in [5.41, 5.74) is 2.44. The Morgan fingerprint density at radius 1 is 0.853 bits per heavy atom. The van der Waals surface area contributed by atoms with Gasteiger partial charge in [-0.3, -0.25) is 4.31 Å². The molecule has 178 valence electrons. The van der Waals surface area contributed by atoms with Gasteiger partial charge in [0.2, 0.25) is 5.75 Å². The van der Waals surface area contributed by atoms with E-state index >= 15 is 0 Å². The van der Waals surface area contributed by atoms with Crippen LogP contribution in [0.1, 0.15) is 5.56 Å². The van der Waals surface area contributed by atoms with Crippen molar-refractivity contribution in [3.05, 3.63) is 66.2 Å². The molecule has 2 amide bonds. The van der Waals surface area contributed by atoms with E-state index in [-0.39, 0.29) is 4.90 Å². The zero-order chi connectivity index (χ0) is 24.3. The molecule has 0 saturated carbocycles. The number of urea groups is 1. The number of ether oxygens (including phenoxy) is 3. The molecule has 3 aromatic rings. The number of sulfonamides is 1. The van der Waals surface area contributed by atoms with Crippen LogP contribution in [0.15, 0.2) is 65.6 Å². The Morgan fingerprint density at radius 3 is 2.12 bits per heavy atom. The summed E-state index contributed by atoms with van der Waals surface area (Å²) in [6.45, 7) is 0.341. The molecule has 0 radical (unpaired) electrons. The molecule has 0 saturated heterocycles. The van der Waals surface area contributed by atoms with Gasteiger partial charge in [-0.1, -0.05) is 18.2 Å². The molecule has 0 unspecified atom stereocenters. The van der Waals surface area contributed by atoms with Crippen molar-refractivity contribution in [3.8, 4) is 17.2 Å². The molecule has 1 aliphatic heterocycles. The third kappa shape index (κ3) is 4.44. The Kier molecular flexibility index (Phi) is 6.51. The molecule has 0 bridgehead atoms. The minimum absolute atomic E-state index is 0.245. The summed E-state index contributed by atoms with van der Waals surface area (Å²) in [7, 11) is 0.838. The number of benzene rings is 3. The third-order valence-corrected chi connectivity index (χ3v) is 7.27. The van der Waals surface area contributed by atoms with E-state index < -0.39 is 16.1 Å². The highest BCUT2D eigenvalue weighted by Crippen LogP contribution is 2.40. The number of rotatable bonds is 7. The summed E-state index contributed by atoms with van der Waals surface area (Å²) < 4.78 is 43.4. The molecule has 34 heavy (non-hydrogen) atoms. The highest BCUT2D eigenvalue weighted by Gasteiger charge is 2.30. The highest BCUT2D eigenvalue weighted by molar-refractivity contribution is 7.92. The maximum atomic E-state index is 13.0. The van der Waals surface area contributed by atoms with Gasteiger partial charge in [-0.05, 0) is 42.3 Å². The SMILES string of the molecule is COc1cc(NC(=O)Nc2ccc3c(c2)CCN3S(=O)(=O)c2ccccc2)cc(OC)c1OC. The van der Waals surface area contributed by atoms with Gasteiger partial charge in [-0.15, -0.1) is 0 Å². The largest absolute Gasteiger partial charge is 0.493 e. The predicted octanol–water partition coefficient (Wildman–Crippen LogP) is 4.11. The molecule has 0 fully saturated rings. The fourth-order valence-corrected chi connectivity index (χ4v) is 5.39. The van der Waals surface area contributed by atoms with Gasteiger partial charge in [-0.25, -0.2) is 13.2 Å². The standard InChI is InChI=1S/C24H25N3O6S/c1-31-21-14-18(15-22(32-2)23(21)33-3)26-24(28)25-17-9-10-20-16(13-17)11-12-27(20)34(29,30)19-7-5-4-6-8-19/h4-10,13-15H,11-12H2,1-3H3,(H2,25,26,28). The summed E-state index contributed by atoms with van der Waals surface area (Å²) in [4.78, 5) is 12.8. The molecular weight excluding hydrogens is 458 g/mol. The van der Waals surface area contributed by atoms with Gasteiger partial charge < -0.3 is 24.8 Å². The molecule has 0 atom stereocenters. The van der Waals surface area contributed by atoms with Crippen LogP contribution in [0.2, 0.25) is 0 Å². The number of nitrogens with one attached hydrogen (secondary N) is 2. The highest BCUT2D eigenvalue weighted by atomic mass is 32.2. The summed E-state index contributed by atoms with van der Waals surface area (Å²) >= 11 is 0. The van der Waals surface area contributed by atoms with Gasteiger partial charge in [0.1, 0.15) is 0 Å². The lowest BCUT2D eigenvalue weighted by molar-refractivity contribution is 0.262. The second-order valence-corrected chi connectivity index (χ2v) is 9.34. The molecule has 1 heterocycles. The van der Waals surface area contributed by atoms with Crippen molar-refractivity contribution in [2.45, 2.75) is 11.3 Å². The van der Waals surface area contributed by atoms with E-state index in [4.69, 9.17) is 14.2 Å². The summed E-state index contributed by atoms with van der Waals surface area (Å²) in [6.07, 6.45) is 0.547. The average Bonchev–Trinajstić information content (AvgIpc) is 3.28. The van der Waals surface area contributed by atoms with Crippen LogP contribution in [0, 0.1) is 0 Å². The first-order valence-corrected chi connectivity index (χ1v) is 11.9. The fourth-order valence-electron chi connectivity index (χ4n) is 3.87. The fraction of sp³-hybridized carbons (Fsp3) is 0.208. The Balaban J connectivity index is 1.50. The first-order valence-electron chi connectivity index (χ1n) is 10.5. The molecule has 1 aliphatic rings. The number of fused-ring (bicyclic) bond motifs is 1. The molecule has 4 rings (SSSR count). The molecule has 3 aromatic carbocycles. The van der Waals surface area contributed by atoms with E-state index in [2.05, 4.69) is 10.6 Å². The lowest BCUT2D eigenvalue weighted by Gasteiger charge is -2.20. The zero-order valence-electron chi connectivity index (χ0n) is 19.0. The third-order valence-electron chi connectivity index (χ3n) is 5.44. The van der Waals surface area contributed by atoms with Crippen LogP contribution in [0.5, 0.6) is 17.2 Å². The van der Waals surface area contributed by atoms with Gasteiger partial charge in [0.25, 0.3) is 10.0 Å². The van der Waals surface area contributed by atoms with Gasteiger partial charge in [0, 0.05) is 24.4 Å². The second-order valence-electron chi connectivity index (χ2n) is 7.48. The minimum atomic E-state index is -3.65. The van der Waals surface area contributed by atoms with E-state index in [9.17, 15) is 13.2 Å². The molecular formula is C24H25N3O6S. The number of hydrogen-bond acceptors (Lipinski definition) is 6. The lowest BCUT2D eigenvalue weighted by Crippen LogP contribution is -2.29. The molecule has 0 spiro atoms. The molecule has 10 heteroatoms. The molecule has 2 N–H and O–H groups in total. The first-order chi connectivity index (χ1) is 16.4. The Labute approximate surface area is 198 Å². The maximum Gasteiger partial charge on any atom is 0.323 e. The maximum absolute atomic E-state index is 13.0. The monoisotopic (exact) mass is 483 g/mol. The number of hydrogen-bond donors (Lipinski definition) is 2. The number of anilines is 3. The number of carbonyl (C=O) groups is 1. The van der Waals surface area contributed by atoms with Crippen molar-refractivity contribution >= 4 is 33.1 Å². The van der Waals surface area contributed by atoms with Crippen molar-refractivity contribution in [1.82, 2.24) is 0 Å². The van der Waals surface area contributed by atoms with E-state index in [0.717, 1.165) is 5.56 Å². The second kappa shape index (κ2) is 9.52. The van der Waals surface area contributed by atoms with Gasteiger partial charge in [0.05, 0.1) is 37.6 Å². The van der Waals surface area contributed by atoms with Gasteiger partial charge in [-0.2, -0.15) is 0 Å². The number of nitrogens with zero attached hydrogens (tertiary/aromatic N) is 1. The molecule has 0 aromatic heterocycles. The summed E-state index contributed by atoms with van der Waals surface area (Å²) in [5, 5.41) is 5.52. The lowest BCUT2D eigenvalue weighted by atomic mass is 10.1. The number of methoxy groups -OCH3 is 3. The summed E-state index contributed by atoms with van der Waals surface area (Å²) in [6, 6.07) is 16.3. The van der Waals surface area contributed by atoms with E-state index in [1.165, 1.54) is 25.6 Å². The minimum Gasteiger partial charge on any atom is -0.493 e. The van der Waals surface area contributed by atoms with Crippen LogP contribution in [0.4, 0.5) is 21.9 Å². The van der Waals surface area contributed by atoms with E-state index in [1.54, 1.807) is 60.7 Å². The van der Waals surface area contributed by atoms with Crippen LogP contribution in [0.3, 0.4) is 0 Å². The van der Waals surface area contributed by atoms with Crippen molar-refractivity contribution in [2.75, 3.05) is 42.8 Å². The Bertz CT molecular complexity index is 1290. The Morgan fingerprint density at radius 2 is 1.50 bits per heavy atom. The average molecular weight is 484 g/mol.